The first-order valence-corrected chi connectivity index (χ1v) is 6.53. The second kappa shape index (κ2) is 6.34. The normalized spacial score (nSPS) is 10.1. The van der Waals surface area contributed by atoms with E-state index in [9.17, 15) is 0 Å². The van der Waals surface area contributed by atoms with Crippen LogP contribution in [0.5, 0.6) is 11.5 Å². The highest BCUT2D eigenvalue weighted by Gasteiger charge is 2.06. The van der Waals surface area contributed by atoms with Crippen molar-refractivity contribution in [2.45, 2.75) is 13.5 Å². The second-order valence-corrected chi connectivity index (χ2v) is 4.76. The van der Waals surface area contributed by atoms with Gasteiger partial charge in [-0.2, -0.15) is 0 Å². The molecule has 2 aromatic rings. The molecule has 20 heavy (non-hydrogen) atoms. The van der Waals surface area contributed by atoms with Crippen LogP contribution in [-0.2, 0) is 6.61 Å². The summed E-state index contributed by atoms with van der Waals surface area (Å²) in [6.07, 6.45) is 1.75. The predicted molar refractivity (Wildman–Crippen MR) is 82.2 cm³/mol. The molecule has 0 aliphatic rings. The molecule has 4 nitrogen and oxygen atoms in total. The number of rotatable bonds is 5. The van der Waals surface area contributed by atoms with Crippen LogP contribution in [-0.4, -0.2) is 17.1 Å². The van der Waals surface area contributed by atoms with Crippen molar-refractivity contribution < 1.29 is 9.47 Å². The zero-order chi connectivity index (χ0) is 14.5. The molecule has 104 valence electrons. The highest BCUT2D eigenvalue weighted by atomic mass is 32.1. The Hall–Kier alpha value is -2.14. The van der Waals surface area contributed by atoms with E-state index in [0.717, 1.165) is 11.3 Å². The average Bonchev–Trinajstić information content (AvgIpc) is 2.46. The number of pyridine rings is 1. The van der Waals surface area contributed by atoms with E-state index in [4.69, 9.17) is 27.4 Å². The van der Waals surface area contributed by atoms with Gasteiger partial charge in [-0.05, 0) is 30.7 Å². The van der Waals surface area contributed by atoms with Crippen molar-refractivity contribution in [1.29, 1.82) is 0 Å². The zero-order valence-electron chi connectivity index (χ0n) is 11.4. The van der Waals surface area contributed by atoms with Gasteiger partial charge >= 0.3 is 0 Å². The summed E-state index contributed by atoms with van der Waals surface area (Å²) >= 11 is 4.98. The summed E-state index contributed by atoms with van der Waals surface area (Å²) in [5.74, 6) is 1.31. The number of hydrogen-bond donors (Lipinski definition) is 1. The van der Waals surface area contributed by atoms with Crippen molar-refractivity contribution in [3.05, 3.63) is 53.3 Å². The fraction of sp³-hybridized carbons (Fsp3) is 0.200. The van der Waals surface area contributed by atoms with Gasteiger partial charge < -0.3 is 15.2 Å². The van der Waals surface area contributed by atoms with Crippen LogP contribution in [0.25, 0.3) is 0 Å². The highest BCUT2D eigenvalue weighted by Crippen LogP contribution is 2.23. The topological polar surface area (TPSA) is 57.4 Å². The molecule has 0 saturated heterocycles. The fourth-order valence-corrected chi connectivity index (χ4v) is 1.85. The summed E-state index contributed by atoms with van der Waals surface area (Å²) < 4.78 is 11.0. The lowest BCUT2D eigenvalue weighted by atomic mass is 10.2. The Morgan fingerprint density at radius 1 is 1.30 bits per heavy atom. The number of methoxy groups -OCH3 is 1. The molecular weight excluding hydrogens is 272 g/mol. The molecule has 0 amide bonds. The first kappa shape index (κ1) is 14.3. The predicted octanol–water partition coefficient (Wildman–Crippen LogP) is 2.61. The maximum atomic E-state index is 5.75. The Morgan fingerprint density at radius 3 is 2.70 bits per heavy atom. The first-order chi connectivity index (χ1) is 9.60. The largest absolute Gasteiger partial charge is 0.497 e. The van der Waals surface area contributed by atoms with Gasteiger partial charge in [0.25, 0.3) is 0 Å². The third-order valence-electron chi connectivity index (χ3n) is 2.89. The Balaban J connectivity index is 2.19. The molecule has 0 spiro atoms. The van der Waals surface area contributed by atoms with E-state index in [1.165, 1.54) is 0 Å². The molecule has 2 rings (SSSR count). The van der Waals surface area contributed by atoms with Crippen LogP contribution < -0.4 is 15.2 Å². The number of nitrogens with zero attached hydrogens (tertiary/aromatic N) is 1. The first-order valence-electron chi connectivity index (χ1n) is 6.12. The van der Waals surface area contributed by atoms with E-state index in [2.05, 4.69) is 4.98 Å². The minimum absolute atomic E-state index is 0.308. The van der Waals surface area contributed by atoms with Crippen molar-refractivity contribution in [1.82, 2.24) is 4.98 Å². The third kappa shape index (κ3) is 3.45. The molecule has 2 N–H and O–H groups in total. The average molecular weight is 288 g/mol. The van der Waals surface area contributed by atoms with Gasteiger partial charge in [0.2, 0.25) is 0 Å². The minimum Gasteiger partial charge on any atom is -0.497 e. The van der Waals surface area contributed by atoms with Crippen LogP contribution in [0, 0.1) is 6.92 Å². The standard InChI is InChI=1S/C15H16N2O2S/c1-10-4-3-5-17-14(10)9-19-13-7-11(15(16)20)6-12(8-13)18-2/h3-8H,9H2,1-2H3,(H2,16,20). The number of aromatic nitrogens is 1. The van der Waals surface area contributed by atoms with Crippen LogP contribution in [0.2, 0.25) is 0 Å². The monoisotopic (exact) mass is 288 g/mol. The fourth-order valence-electron chi connectivity index (χ4n) is 1.74. The van der Waals surface area contributed by atoms with Gasteiger partial charge in [0.15, 0.2) is 0 Å². The Bertz CT molecular complexity index is 629. The number of hydrogen-bond acceptors (Lipinski definition) is 4. The van der Waals surface area contributed by atoms with Crippen molar-refractivity contribution in [3.63, 3.8) is 0 Å². The van der Waals surface area contributed by atoms with Crippen molar-refractivity contribution in [2.24, 2.45) is 5.73 Å². The third-order valence-corrected chi connectivity index (χ3v) is 3.13. The molecule has 0 radical (unpaired) electrons. The van der Waals surface area contributed by atoms with E-state index in [1.807, 2.05) is 19.1 Å². The van der Waals surface area contributed by atoms with E-state index < -0.39 is 0 Å². The number of aryl methyl sites for hydroxylation is 1. The maximum absolute atomic E-state index is 5.75. The summed E-state index contributed by atoms with van der Waals surface area (Å²) in [6.45, 7) is 2.38. The SMILES string of the molecule is COc1cc(OCc2ncccc2C)cc(C(N)=S)c1. The van der Waals surface area contributed by atoms with Gasteiger partial charge in [-0.3, -0.25) is 4.98 Å². The summed E-state index contributed by atoms with van der Waals surface area (Å²) in [5.41, 5.74) is 8.34. The lowest BCUT2D eigenvalue weighted by Crippen LogP contribution is -2.10. The van der Waals surface area contributed by atoms with Gasteiger partial charge in [0.1, 0.15) is 23.1 Å². The van der Waals surface area contributed by atoms with Gasteiger partial charge in [-0.25, -0.2) is 0 Å². The molecule has 0 aliphatic carbocycles. The molecule has 0 bridgehead atoms. The molecule has 1 aromatic carbocycles. The Labute approximate surface area is 123 Å². The smallest absolute Gasteiger partial charge is 0.130 e. The highest BCUT2D eigenvalue weighted by molar-refractivity contribution is 7.80. The van der Waals surface area contributed by atoms with Crippen molar-refractivity contribution in [2.75, 3.05) is 7.11 Å². The molecule has 0 atom stereocenters. The van der Waals surface area contributed by atoms with Gasteiger partial charge in [0.05, 0.1) is 12.8 Å². The van der Waals surface area contributed by atoms with Crippen LogP contribution in [0.15, 0.2) is 36.5 Å². The lowest BCUT2D eigenvalue weighted by molar-refractivity contribution is 0.298. The van der Waals surface area contributed by atoms with Gasteiger partial charge in [-0.15, -0.1) is 0 Å². The van der Waals surface area contributed by atoms with Crippen LogP contribution in [0.4, 0.5) is 0 Å². The van der Waals surface area contributed by atoms with Crippen molar-refractivity contribution in [3.8, 4) is 11.5 Å². The molecule has 0 saturated carbocycles. The number of nitrogens with two attached hydrogens (primary N) is 1. The van der Waals surface area contributed by atoms with Crippen molar-refractivity contribution >= 4 is 17.2 Å². The zero-order valence-corrected chi connectivity index (χ0v) is 12.2. The molecule has 0 aliphatic heterocycles. The van der Waals surface area contributed by atoms with Gasteiger partial charge in [0, 0.05) is 17.8 Å². The van der Waals surface area contributed by atoms with Crippen LogP contribution in [0.1, 0.15) is 16.8 Å². The van der Waals surface area contributed by atoms with E-state index in [1.54, 1.807) is 31.5 Å². The Morgan fingerprint density at radius 2 is 2.05 bits per heavy atom. The van der Waals surface area contributed by atoms with E-state index in [-0.39, 0.29) is 0 Å². The Kier molecular flexibility index (Phi) is 4.53. The quantitative estimate of drug-likeness (QED) is 0.857. The molecule has 1 heterocycles. The van der Waals surface area contributed by atoms with E-state index >= 15 is 0 Å². The number of thiocarbonyl (C=S) groups is 1. The number of ether oxygens (including phenoxy) is 2. The van der Waals surface area contributed by atoms with Crippen LogP contribution in [0.3, 0.4) is 0 Å². The van der Waals surface area contributed by atoms with Crippen LogP contribution >= 0.6 is 12.2 Å². The second-order valence-electron chi connectivity index (χ2n) is 4.32. The summed E-state index contributed by atoms with van der Waals surface area (Å²) in [5, 5.41) is 0. The number of benzene rings is 1. The summed E-state index contributed by atoms with van der Waals surface area (Å²) in [7, 11) is 1.59. The van der Waals surface area contributed by atoms with Gasteiger partial charge in [-0.1, -0.05) is 18.3 Å². The molecule has 0 unspecified atom stereocenters. The molecule has 1 aromatic heterocycles. The summed E-state index contributed by atoms with van der Waals surface area (Å²) in [6, 6.07) is 9.26. The molecular formula is C15H16N2O2S. The minimum atomic E-state index is 0.308. The molecule has 5 heteroatoms. The lowest BCUT2D eigenvalue weighted by Gasteiger charge is -2.11. The summed E-state index contributed by atoms with van der Waals surface area (Å²) in [4.78, 5) is 4.59. The maximum Gasteiger partial charge on any atom is 0.130 e. The van der Waals surface area contributed by atoms with E-state index in [0.29, 0.717) is 28.7 Å². The molecule has 0 fully saturated rings.